The number of carboxylic acid groups (broad SMARTS) is 2. The van der Waals surface area contributed by atoms with Gasteiger partial charge >= 0.3 is 11.9 Å². The van der Waals surface area contributed by atoms with Gasteiger partial charge in [0, 0.05) is 12.8 Å². The zero-order chi connectivity index (χ0) is 52.0. The summed E-state index contributed by atoms with van der Waals surface area (Å²) >= 11 is 0. The second-order valence-electron chi connectivity index (χ2n) is 22.5. The van der Waals surface area contributed by atoms with Crippen LogP contribution in [0, 0.1) is 23.7 Å². The summed E-state index contributed by atoms with van der Waals surface area (Å²) in [6, 6.07) is 0. The summed E-state index contributed by atoms with van der Waals surface area (Å²) in [4.78, 5) is 26.0. The lowest BCUT2D eigenvalue weighted by Crippen LogP contribution is -2.30. The lowest BCUT2D eigenvalue weighted by molar-refractivity contribution is -0.138. The van der Waals surface area contributed by atoms with Crippen LogP contribution < -0.4 is 0 Å². The van der Waals surface area contributed by atoms with Gasteiger partial charge in [0.2, 0.25) is 0 Å². The summed E-state index contributed by atoms with van der Waals surface area (Å²) in [7, 11) is 8.64. The molecule has 416 valence electrons. The maximum absolute atomic E-state index is 10.8. The third kappa shape index (κ3) is 52.7. The quantitative estimate of drug-likeness (QED) is 0.0467. The van der Waals surface area contributed by atoms with Crippen LogP contribution in [0.3, 0.4) is 0 Å². The fourth-order valence-electron chi connectivity index (χ4n) is 10.4. The minimum absolute atomic E-state index is 0.304. The van der Waals surface area contributed by atoms with Crippen molar-refractivity contribution in [1.82, 2.24) is 9.80 Å². The second kappa shape index (κ2) is 56.6. The van der Waals surface area contributed by atoms with Crippen molar-refractivity contribution in [3.8, 4) is 0 Å². The summed E-state index contributed by atoms with van der Waals surface area (Å²) in [5, 5.41) is 17.7. The molecule has 0 aliphatic heterocycles. The standard InChI is InChI=1S/C36H64O4.2C14H31N/c1-3-5-7-17-23-31-29-30-32(24-18-13-12-16-22-28-36(39)40)34(33(31)25-19-8-6-4-2)26-20-14-10-9-11-15-21-27-35(37)38;2*1-4-5-6-7-8-9-10-11-12-13-14-15(2)3/h20,26,29-34H,3-19,21-25,27-28H2,1-2H3,(H,37,38)(H,39,40);2*4-14H2,1-3H3. The largest absolute Gasteiger partial charge is 0.481 e. The van der Waals surface area contributed by atoms with Gasteiger partial charge in [-0.15, -0.1) is 0 Å². The number of hydrogen-bond acceptors (Lipinski definition) is 4. The van der Waals surface area contributed by atoms with Crippen LogP contribution in [0.1, 0.15) is 310 Å². The fourth-order valence-corrected chi connectivity index (χ4v) is 10.4. The molecule has 2 N–H and O–H groups in total. The van der Waals surface area contributed by atoms with Gasteiger partial charge in [0.1, 0.15) is 0 Å². The molecular weight excluding hydrogens is 861 g/mol. The Labute approximate surface area is 439 Å². The minimum Gasteiger partial charge on any atom is -0.481 e. The van der Waals surface area contributed by atoms with Crippen molar-refractivity contribution in [3.63, 3.8) is 0 Å². The molecule has 1 aliphatic rings. The van der Waals surface area contributed by atoms with Gasteiger partial charge in [-0.25, -0.2) is 0 Å². The summed E-state index contributed by atoms with van der Waals surface area (Å²) in [6.45, 7) is 11.7. The molecule has 0 aromatic carbocycles. The van der Waals surface area contributed by atoms with E-state index in [1.807, 2.05) is 0 Å². The Hall–Kier alpha value is -1.66. The Morgan fingerprint density at radius 3 is 1.07 bits per heavy atom. The van der Waals surface area contributed by atoms with Gasteiger partial charge in [-0.3, -0.25) is 9.59 Å². The average Bonchev–Trinajstić information content (AvgIpc) is 3.33. The van der Waals surface area contributed by atoms with Gasteiger partial charge in [0.25, 0.3) is 0 Å². The van der Waals surface area contributed by atoms with Crippen LogP contribution in [0.15, 0.2) is 24.3 Å². The molecule has 0 radical (unpaired) electrons. The Morgan fingerprint density at radius 1 is 0.386 bits per heavy atom. The SMILES string of the molecule is CCCCCCC1C=CC(CCCCCCCC(=O)O)C(C=CCCCCCCCC(=O)O)C1CCCCCC.CCCCCCCCCCCCN(C)C.CCCCCCCCCCCCN(C)C. The molecule has 1 rings (SSSR count). The van der Waals surface area contributed by atoms with E-state index >= 15 is 0 Å². The molecule has 0 saturated carbocycles. The molecule has 6 nitrogen and oxygen atoms in total. The van der Waals surface area contributed by atoms with E-state index in [9.17, 15) is 9.59 Å². The highest BCUT2D eigenvalue weighted by Gasteiger charge is 2.33. The van der Waals surface area contributed by atoms with Crippen LogP contribution >= 0.6 is 0 Å². The molecule has 4 atom stereocenters. The third-order valence-electron chi connectivity index (χ3n) is 14.9. The number of allylic oxidation sites excluding steroid dienone is 4. The summed E-state index contributed by atoms with van der Waals surface area (Å²) < 4.78 is 0. The van der Waals surface area contributed by atoms with Crippen molar-refractivity contribution in [2.45, 2.75) is 310 Å². The number of rotatable bonds is 49. The van der Waals surface area contributed by atoms with Crippen LogP contribution in [0.5, 0.6) is 0 Å². The van der Waals surface area contributed by atoms with Crippen molar-refractivity contribution in [2.24, 2.45) is 23.7 Å². The predicted octanol–water partition coefficient (Wildman–Crippen LogP) is 20.1. The number of carbonyl (C=O) groups is 2. The Balaban J connectivity index is 0. The molecule has 0 amide bonds. The third-order valence-corrected chi connectivity index (χ3v) is 14.9. The lowest BCUT2D eigenvalue weighted by Gasteiger charge is -2.39. The highest BCUT2D eigenvalue weighted by Crippen LogP contribution is 2.43. The van der Waals surface area contributed by atoms with Crippen molar-refractivity contribution in [3.05, 3.63) is 24.3 Å². The van der Waals surface area contributed by atoms with Crippen LogP contribution in [-0.2, 0) is 9.59 Å². The molecular formula is C64H126N2O4. The predicted molar refractivity (Wildman–Crippen MR) is 310 cm³/mol. The molecule has 0 bridgehead atoms. The fraction of sp³-hybridized carbons (Fsp3) is 0.906. The molecule has 0 fully saturated rings. The molecule has 1 aliphatic carbocycles. The van der Waals surface area contributed by atoms with Gasteiger partial charge in [0.05, 0.1) is 0 Å². The zero-order valence-electron chi connectivity index (χ0n) is 48.8. The van der Waals surface area contributed by atoms with E-state index in [-0.39, 0.29) is 0 Å². The number of unbranched alkanes of at least 4 members (excludes halogenated alkanes) is 33. The van der Waals surface area contributed by atoms with E-state index in [0.29, 0.717) is 24.7 Å². The van der Waals surface area contributed by atoms with Crippen LogP contribution in [0.25, 0.3) is 0 Å². The van der Waals surface area contributed by atoms with Crippen molar-refractivity contribution in [1.29, 1.82) is 0 Å². The van der Waals surface area contributed by atoms with E-state index in [1.165, 1.54) is 238 Å². The number of hydrogen-bond donors (Lipinski definition) is 2. The molecule has 0 spiro atoms. The summed E-state index contributed by atoms with van der Waals surface area (Å²) in [5.74, 6) is 1.41. The lowest BCUT2D eigenvalue weighted by atomic mass is 9.66. The second-order valence-corrected chi connectivity index (χ2v) is 22.5. The molecule has 0 heterocycles. The Bertz CT molecular complexity index is 1090. The normalized spacial score (nSPS) is 16.7. The summed E-state index contributed by atoms with van der Waals surface area (Å²) in [5.41, 5.74) is 0. The average molecular weight is 988 g/mol. The number of aliphatic carboxylic acids is 2. The van der Waals surface area contributed by atoms with E-state index < -0.39 is 11.9 Å². The molecule has 0 aromatic heterocycles. The zero-order valence-corrected chi connectivity index (χ0v) is 48.8. The topological polar surface area (TPSA) is 81.1 Å². The summed E-state index contributed by atoms with van der Waals surface area (Å²) in [6.07, 6.45) is 66.2. The molecule has 6 heteroatoms. The smallest absolute Gasteiger partial charge is 0.303 e. The maximum Gasteiger partial charge on any atom is 0.303 e. The van der Waals surface area contributed by atoms with Gasteiger partial charge < -0.3 is 20.0 Å². The first-order valence-electron chi connectivity index (χ1n) is 31.1. The van der Waals surface area contributed by atoms with E-state index in [2.05, 4.69) is 90.0 Å². The van der Waals surface area contributed by atoms with E-state index in [1.54, 1.807) is 0 Å². The minimum atomic E-state index is -0.676. The number of nitrogens with zero attached hydrogens (tertiary/aromatic N) is 2. The first-order valence-corrected chi connectivity index (χ1v) is 31.1. The molecule has 0 aromatic rings. The van der Waals surface area contributed by atoms with Gasteiger partial charge in [-0.2, -0.15) is 0 Å². The van der Waals surface area contributed by atoms with Crippen molar-refractivity contribution >= 4 is 11.9 Å². The molecule has 0 saturated heterocycles. The van der Waals surface area contributed by atoms with Gasteiger partial charge in [-0.05, 0) is 123 Å². The van der Waals surface area contributed by atoms with E-state index in [0.717, 1.165) is 56.8 Å². The van der Waals surface area contributed by atoms with Crippen molar-refractivity contribution in [2.75, 3.05) is 41.3 Å². The van der Waals surface area contributed by atoms with Crippen LogP contribution in [0.2, 0.25) is 0 Å². The first-order chi connectivity index (χ1) is 34.0. The maximum atomic E-state index is 10.8. The Morgan fingerprint density at radius 2 is 0.686 bits per heavy atom. The first kappa shape index (κ1) is 70.4. The monoisotopic (exact) mass is 987 g/mol. The number of carboxylic acids is 2. The van der Waals surface area contributed by atoms with Gasteiger partial charge in [0.15, 0.2) is 0 Å². The van der Waals surface area contributed by atoms with Crippen molar-refractivity contribution < 1.29 is 19.8 Å². The Kier molecular flexibility index (Phi) is 57.0. The highest BCUT2D eigenvalue weighted by molar-refractivity contribution is 5.66. The molecule has 70 heavy (non-hydrogen) atoms. The van der Waals surface area contributed by atoms with E-state index in [4.69, 9.17) is 10.2 Å². The molecule has 4 unspecified atom stereocenters. The highest BCUT2D eigenvalue weighted by atomic mass is 16.4. The van der Waals surface area contributed by atoms with Crippen LogP contribution in [-0.4, -0.2) is 73.2 Å². The van der Waals surface area contributed by atoms with Gasteiger partial charge in [-0.1, -0.05) is 264 Å². The van der Waals surface area contributed by atoms with Crippen LogP contribution in [0.4, 0.5) is 0 Å².